The first-order chi connectivity index (χ1) is 50.5. The fraction of sp³-hybridized carbons (Fsp3) is 0.296. The quantitative estimate of drug-likeness (QED) is 0.0440. The van der Waals surface area contributed by atoms with Crippen molar-refractivity contribution < 1.29 is 55.3 Å². The average molecular weight is 1430 g/mol. The van der Waals surface area contributed by atoms with E-state index in [1.807, 2.05) is 111 Å². The summed E-state index contributed by atoms with van der Waals surface area (Å²) in [7, 11) is 0. The summed E-state index contributed by atoms with van der Waals surface area (Å²) in [4.78, 5) is 67.2. The zero-order valence-electron chi connectivity index (χ0n) is 59.5. The van der Waals surface area contributed by atoms with Crippen LogP contribution in [0.15, 0.2) is 165 Å². The Bertz CT molecular complexity index is 5060. The van der Waals surface area contributed by atoms with Crippen molar-refractivity contribution in [2.24, 2.45) is 5.92 Å². The first-order valence-electron chi connectivity index (χ1n) is 34.9. The van der Waals surface area contributed by atoms with Crippen molar-refractivity contribution in [2.45, 2.75) is 144 Å². The molecule has 1 saturated carbocycles. The summed E-state index contributed by atoms with van der Waals surface area (Å²) < 4.78 is 98.9. The van der Waals surface area contributed by atoms with Crippen molar-refractivity contribution in [2.75, 3.05) is 6.61 Å². The van der Waals surface area contributed by atoms with Crippen LogP contribution in [-0.4, -0.2) is 79.1 Å². The molecule has 0 radical (unpaired) electrons. The minimum atomic E-state index is -0.972. The van der Waals surface area contributed by atoms with E-state index in [4.69, 9.17) is 9.47 Å². The van der Waals surface area contributed by atoms with Crippen molar-refractivity contribution in [1.82, 2.24) is 59.6 Å². The molecule has 18 nitrogen and oxygen atoms in total. The van der Waals surface area contributed by atoms with E-state index < -0.39 is 40.8 Å². The van der Waals surface area contributed by atoms with Crippen LogP contribution in [0.1, 0.15) is 181 Å². The molecule has 0 unspecified atom stereocenters. The molecule has 3 aromatic carbocycles. The van der Waals surface area contributed by atoms with Crippen LogP contribution in [0.4, 0.5) is 26.3 Å². The number of aromatic nitrogens is 9. The number of nitrogens with zero attached hydrogens (tertiary/aromatic N) is 9. The smallest absolute Gasteiger partial charge is 0.254 e. The first kappa shape index (κ1) is 74.7. The lowest BCUT2D eigenvalue weighted by Gasteiger charge is -2.15. The van der Waals surface area contributed by atoms with Crippen LogP contribution in [0.2, 0.25) is 0 Å². The number of hydrogen-bond donors (Lipinski definition) is 4. The predicted molar refractivity (Wildman–Crippen MR) is 389 cm³/mol. The number of rotatable bonds is 23. The number of carbonyl (C=O) groups is 3. The highest BCUT2D eigenvalue weighted by molar-refractivity contribution is 6.10. The van der Waals surface area contributed by atoms with Crippen molar-refractivity contribution in [1.29, 1.82) is 0 Å². The maximum absolute atomic E-state index is 13.7. The minimum Gasteiger partial charge on any atom is -0.506 e. The number of amides is 3. The fourth-order valence-corrected chi connectivity index (χ4v) is 13.0. The van der Waals surface area contributed by atoms with Crippen molar-refractivity contribution in [3.63, 3.8) is 0 Å². The molecular weight excluding hydrogens is 1350 g/mol. The number of ether oxygens (including phenoxy) is 2. The Morgan fingerprint density at radius 2 is 0.952 bits per heavy atom. The van der Waals surface area contributed by atoms with Gasteiger partial charge in [-0.2, -0.15) is 0 Å². The van der Waals surface area contributed by atoms with Gasteiger partial charge in [-0.3, -0.25) is 29.3 Å². The molecule has 12 aromatic rings. The third-order valence-electron chi connectivity index (χ3n) is 17.8. The molecule has 0 spiro atoms. The molecule has 13 rings (SSSR count). The Hall–Kier alpha value is -11.4. The number of hydrogen-bond acceptors (Lipinski definition) is 12. The fourth-order valence-electron chi connectivity index (χ4n) is 13.0. The zero-order chi connectivity index (χ0) is 74.6. The standard InChI is InChI=1S/C29H30F2N4O2.C28H30F2N4O2.C24H22F2N4O2/c1-18(2)28-27(29(36)34-15-19-10-11-23(30)24(31)13-19)22-14-26(37-21-8-3-4-9-21)33-16-25(22)35(28)17-20-7-5-6-12-32-20;1-17(2)16-36-21-11-22-25(28(35)33-13-19-7-8-23(29)24(30)10-19)26(18(3)4)34(27(22)32-14-21)15-20-6-5-9-31-12-20;1-14(2)22-21(24(32)29-11-15-6-7-19(25)20(26)9-15)18-10-17(31)12-28-23(18)30(22)13-16-5-3-4-8-27-16/h5-7,10-14,16,18,21H,3-4,8-9,15,17H2,1-2H3,(H,34,36);5-12,14,17-18H,13,15-16H2,1-4H3,(H,33,35);3-10,12,14,31H,11,13H2,1-2H3,(H,29,32). The Balaban J connectivity index is 0.000000158. The van der Waals surface area contributed by atoms with Gasteiger partial charge in [0.05, 0.1) is 78.4 Å². The zero-order valence-corrected chi connectivity index (χ0v) is 59.5. The molecule has 544 valence electrons. The van der Waals surface area contributed by atoms with E-state index in [9.17, 15) is 45.8 Å². The van der Waals surface area contributed by atoms with Gasteiger partial charge < -0.3 is 44.2 Å². The summed E-state index contributed by atoms with van der Waals surface area (Å²) in [5, 5.41) is 20.5. The number of aromatic hydroxyl groups is 1. The lowest BCUT2D eigenvalue weighted by Crippen LogP contribution is -2.24. The van der Waals surface area contributed by atoms with Gasteiger partial charge in [-0.05, 0) is 150 Å². The molecule has 105 heavy (non-hydrogen) atoms. The van der Waals surface area contributed by atoms with Crippen LogP contribution in [0.25, 0.3) is 33.0 Å². The van der Waals surface area contributed by atoms with Crippen LogP contribution >= 0.6 is 0 Å². The van der Waals surface area contributed by atoms with Crippen LogP contribution in [-0.2, 0) is 39.3 Å². The summed E-state index contributed by atoms with van der Waals surface area (Å²) >= 11 is 0. The second kappa shape index (κ2) is 33.8. The van der Waals surface area contributed by atoms with Gasteiger partial charge in [0.2, 0.25) is 5.88 Å². The van der Waals surface area contributed by atoms with E-state index in [0.717, 1.165) is 107 Å². The number of carbonyl (C=O) groups excluding carboxylic acids is 3. The lowest BCUT2D eigenvalue weighted by molar-refractivity contribution is 0.0942. The molecule has 0 saturated heterocycles. The number of halogens is 6. The minimum absolute atomic E-state index is 0.0000746. The molecule has 0 atom stereocenters. The largest absolute Gasteiger partial charge is 0.506 e. The number of pyridine rings is 6. The van der Waals surface area contributed by atoms with Crippen LogP contribution in [0.5, 0.6) is 17.4 Å². The molecule has 3 amide bonds. The Labute approximate surface area is 604 Å². The maximum atomic E-state index is 13.7. The third-order valence-corrected chi connectivity index (χ3v) is 17.8. The van der Waals surface area contributed by atoms with Gasteiger partial charge in [0.25, 0.3) is 17.7 Å². The summed E-state index contributed by atoms with van der Waals surface area (Å²) in [6.45, 7) is 18.2. The second-order valence-electron chi connectivity index (χ2n) is 27.2. The maximum Gasteiger partial charge on any atom is 0.254 e. The van der Waals surface area contributed by atoms with E-state index in [0.29, 0.717) is 99.2 Å². The van der Waals surface area contributed by atoms with E-state index in [2.05, 4.69) is 64.3 Å². The third kappa shape index (κ3) is 18.0. The summed E-state index contributed by atoms with van der Waals surface area (Å²) in [5.41, 5.74) is 9.87. The number of fused-ring (bicyclic) bond motifs is 3. The van der Waals surface area contributed by atoms with Gasteiger partial charge in [-0.15, -0.1) is 0 Å². The monoisotopic (exact) mass is 1430 g/mol. The highest BCUT2D eigenvalue weighted by Gasteiger charge is 2.30. The molecule has 9 aromatic heterocycles. The second-order valence-corrected chi connectivity index (χ2v) is 27.2. The summed E-state index contributed by atoms with van der Waals surface area (Å²) in [6.07, 6.45) is 16.2. The Morgan fingerprint density at radius 3 is 1.42 bits per heavy atom. The van der Waals surface area contributed by atoms with E-state index in [-0.39, 0.29) is 61.1 Å². The molecule has 1 aliphatic carbocycles. The van der Waals surface area contributed by atoms with Crippen molar-refractivity contribution >= 4 is 50.7 Å². The van der Waals surface area contributed by atoms with Gasteiger partial charge in [-0.1, -0.05) is 91.8 Å². The van der Waals surface area contributed by atoms with Gasteiger partial charge in [-0.25, -0.2) is 41.3 Å². The van der Waals surface area contributed by atoms with Gasteiger partial charge in [0, 0.05) is 83.7 Å². The van der Waals surface area contributed by atoms with Crippen LogP contribution < -0.4 is 25.4 Å². The molecular formula is C81H82F6N12O6. The van der Waals surface area contributed by atoms with E-state index >= 15 is 0 Å². The molecule has 24 heteroatoms. The first-order valence-corrected chi connectivity index (χ1v) is 34.9. The SMILES string of the molecule is CC(C)COc1cnc2c(c1)c(C(=O)NCc1ccc(F)c(F)c1)c(C(C)C)n2Cc1cccnc1.CC(C)c1c(C(=O)NCc2ccc(F)c(F)c2)c2cc(O)cnc2n1Cc1ccccn1.CC(C)c1c(C(=O)NCc2ccc(F)c(F)c2)c2cc(OC3CCCC3)ncc2n1Cc1ccccn1. The van der Waals surface area contributed by atoms with Crippen molar-refractivity contribution in [3.05, 3.63) is 267 Å². The average Bonchev–Trinajstić information content (AvgIpc) is 1.61. The summed E-state index contributed by atoms with van der Waals surface area (Å²) in [5.74, 6) is -5.33. The summed E-state index contributed by atoms with van der Waals surface area (Å²) in [6, 6.07) is 31.1. The van der Waals surface area contributed by atoms with Crippen LogP contribution in [0.3, 0.4) is 0 Å². The van der Waals surface area contributed by atoms with Crippen LogP contribution in [0, 0.1) is 40.8 Å². The van der Waals surface area contributed by atoms with Gasteiger partial charge in [0.15, 0.2) is 34.9 Å². The van der Waals surface area contributed by atoms with E-state index in [1.54, 1.807) is 37.2 Å². The normalized spacial score (nSPS) is 12.3. The molecule has 0 bridgehead atoms. The number of benzene rings is 3. The number of nitrogens with one attached hydrogen (secondary N) is 3. The highest BCUT2D eigenvalue weighted by Crippen LogP contribution is 2.38. The topological polar surface area (TPSA) is 218 Å². The highest BCUT2D eigenvalue weighted by atomic mass is 19.2. The molecule has 0 aliphatic heterocycles. The molecule has 9 heterocycles. The van der Waals surface area contributed by atoms with E-state index in [1.165, 1.54) is 30.5 Å². The van der Waals surface area contributed by atoms with Crippen molar-refractivity contribution in [3.8, 4) is 17.4 Å². The molecule has 1 aliphatic rings. The molecule has 1 fully saturated rings. The van der Waals surface area contributed by atoms with Gasteiger partial charge in [0.1, 0.15) is 28.9 Å². The van der Waals surface area contributed by atoms with Gasteiger partial charge >= 0.3 is 0 Å². The Morgan fingerprint density at radius 1 is 0.476 bits per heavy atom. The predicted octanol–water partition coefficient (Wildman–Crippen LogP) is 16.5. The Kier molecular flexibility index (Phi) is 24.1. The lowest BCUT2D eigenvalue weighted by atomic mass is 10.0. The molecule has 4 N–H and O–H groups in total.